The highest BCUT2D eigenvalue weighted by Gasteiger charge is 2.22. The SMILES string of the molecule is Cc1nc(-c2ccc(Cl)cc2)n(CC(=O)N2CCOCC2)c(=O)c1CCO. The molecule has 0 atom stereocenters. The van der Waals surface area contributed by atoms with Gasteiger partial charge in [0.15, 0.2) is 0 Å². The van der Waals surface area contributed by atoms with Crippen molar-refractivity contribution in [3.8, 4) is 11.4 Å². The predicted molar refractivity (Wildman–Crippen MR) is 102 cm³/mol. The number of carbonyl (C=O) groups excluding carboxylic acids is 1. The summed E-state index contributed by atoms with van der Waals surface area (Å²) < 4.78 is 6.67. The van der Waals surface area contributed by atoms with Gasteiger partial charge in [0, 0.05) is 48.0 Å². The summed E-state index contributed by atoms with van der Waals surface area (Å²) in [5.74, 6) is 0.258. The van der Waals surface area contributed by atoms with Crippen LogP contribution in [0, 0.1) is 6.92 Å². The fourth-order valence-electron chi connectivity index (χ4n) is 3.11. The molecule has 1 amide bonds. The van der Waals surface area contributed by atoms with E-state index in [4.69, 9.17) is 16.3 Å². The average molecular weight is 392 g/mol. The van der Waals surface area contributed by atoms with Crippen molar-refractivity contribution in [1.29, 1.82) is 0 Å². The molecule has 0 radical (unpaired) electrons. The van der Waals surface area contributed by atoms with Crippen molar-refractivity contribution in [2.24, 2.45) is 0 Å². The van der Waals surface area contributed by atoms with Crippen molar-refractivity contribution in [3.63, 3.8) is 0 Å². The van der Waals surface area contributed by atoms with E-state index in [1.165, 1.54) is 4.57 Å². The summed E-state index contributed by atoms with van der Waals surface area (Å²) in [5.41, 5.74) is 1.37. The first-order chi connectivity index (χ1) is 13.0. The Balaban J connectivity index is 2.04. The molecular formula is C19H22ClN3O4. The Morgan fingerprint density at radius 2 is 1.93 bits per heavy atom. The molecule has 1 aliphatic heterocycles. The van der Waals surface area contributed by atoms with Crippen LogP contribution in [-0.2, 0) is 22.5 Å². The molecule has 0 aliphatic carbocycles. The van der Waals surface area contributed by atoms with E-state index in [0.717, 1.165) is 0 Å². The molecular weight excluding hydrogens is 370 g/mol. The van der Waals surface area contributed by atoms with Gasteiger partial charge in [-0.05, 0) is 31.2 Å². The van der Waals surface area contributed by atoms with E-state index >= 15 is 0 Å². The largest absolute Gasteiger partial charge is 0.396 e. The molecule has 2 heterocycles. The van der Waals surface area contributed by atoms with Gasteiger partial charge in [-0.15, -0.1) is 0 Å². The van der Waals surface area contributed by atoms with Gasteiger partial charge < -0.3 is 14.7 Å². The van der Waals surface area contributed by atoms with Gasteiger partial charge in [0.05, 0.1) is 13.2 Å². The number of benzene rings is 1. The van der Waals surface area contributed by atoms with E-state index in [1.807, 2.05) is 0 Å². The van der Waals surface area contributed by atoms with Gasteiger partial charge in [0.1, 0.15) is 12.4 Å². The van der Waals surface area contributed by atoms with Crippen LogP contribution in [0.15, 0.2) is 29.1 Å². The Bertz CT molecular complexity index is 874. The number of hydrogen-bond donors (Lipinski definition) is 1. The minimum Gasteiger partial charge on any atom is -0.396 e. The fourth-order valence-corrected chi connectivity index (χ4v) is 3.24. The van der Waals surface area contributed by atoms with Crippen LogP contribution < -0.4 is 5.56 Å². The number of carbonyl (C=O) groups is 1. The van der Waals surface area contributed by atoms with E-state index < -0.39 is 0 Å². The first-order valence-electron chi connectivity index (χ1n) is 8.84. The normalized spacial score (nSPS) is 14.4. The molecule has 0 spiro atoms. The summed E-state index contributed by atoms with van der Waals surface area (Å²) in [7, 11) is 0. The van der Waals surface area contributed by atoms with Gasteiger partial charge in [-0.1, -0.05) is 11.6 Å². The third-order valence-electron chi connectivity index (χ3n) is 4.59. The molecule has 144 valence electrons. The molecule has 1 saturated heterocycles. The monoisotopic (exact) mass is 391 g/mol. The maximum Gasteiger partial charge on any atom is 0.257 e. The quantitative estimate of drug-likeness (QED) is 0.829. The predicted octanol–water partition coefficient (Wildman–Crippen LogP) is 1.27. The van der Waals surface area contributed by atoms with Crippen molar-refractivity contribution in [3.05, 3.63) is 50.9 Å². The number of hydrogen-bond acceptors (Lipinski definition) is 5. The number of nitrogens with zero attached hydrogens (tertiary/aromatic N) is 3. The molecule has 1 N–H and O–H groups in total. The maximum atomic E-state index is 13.0. The summed E-state index contributed by atoms with van der Waals surface area (Å²) in [4.78, 5) is 32.0. The minimum absolute atomic E-state index is 0.109. The fraction of sp³-hybridized carbons (Fsp3) is 0.421. The molecule has 1 aromatic carbocycles. The summed E-state index contributed by atoms with van der Waals surface area (Å²) in [6.07, 6.45) is 0.199. The second-order valence-corrected chi connectivity index (χ2v) is 6.80. The lowest BCUT2D eigenvalue weighted by Crippen LogP contribution is -2.44. The van der Waals surface area contributed by atoms with E-state index in [9.17, 15) is 14.7 Å². The molecule has 0 unspecified atom stereocenters. The summed E-state index contributed by atoms with van der Waals surface area (Å²) in [5, 5.41) is 9.86. The van der Waals surface area contributed by atoms with Crippen LogP contribution in [0.5, 0.6) is 0 Å². The lowest BCUT2D eigenvalue weighted by atomic mass is 10.1. The molecule has 7 nitrogen and oxygen atoms in total. The van der Waals surface area contributed by atoms with E-state index in [-0.39, 0.29) is 31.0 Å². The van der Waals surface area contributed by atoms with E-state index in [2.05, 4.69) is 4.98 Å². The van der Waals surface area contributed by atoms with Crippen LogP contribution in [0.1, 0.15) is 11.3 Å². The second kappa shape index (κ2) is 8.65. The van der Waals surface area contributed by atoms with Gasteiger partial charge in [0.25, 0.3) is 5.56 Å². The topological polar surface area (TPSA) is 84.7 Å². The van der Waals surface area contributed by atoms with Gasteiger partial charge in [0.2, 0.25) is 5.91 Å². The number of aliphatic hydroxyl groups is 1. The number of rotatable bonds is 5. The zero-order valence-electron chi connectivity index (χ0n) is 15.2. The Hall–Kier alpha value is -2.22. The lowest BCUT2D eigenvalue weighted by Gasteiger charge is -2.27. The highest BCUT2D eigenvalue weighted by molar-refractivity contribution is 6.30. The van der Waals surface area contributed by atoms with Crippen LogP contribution in [0.3, 0.4) is 0 Å². The molecule has 27 heavy (non-hydrogen) atoms. The van der Waals surface area contributed by atoms with Gasteiger partial charge >= 0.3 is 0 Å². The Morgan fingerprint density at radius 1 is 1.26 bits per heavy atom. The number of aryl methyl sites for hydroxylation is 1. The Morgan fingerprint density at radius 3 is 2.56 bits per heavy atom. The van der Waals surface area contributed by atoms with Crippen LogP contribution in [0.2, 0.25) is 5.02 Å². The first kappa shape index (κ1) is 19.5. The number of morpholine rings is 1. The third-order valence-corrected chi connectivity index (χ3v) is 4.84. The van der Waals surface area contributed by atoms with Crippen LogP contribution >= 0.6 is 11.6 Å². The lowest BCUT2D eigenvalue weighted by molar-refractivity contribution is -0.135. The summed E-state index contributed by atoms with van der Waals surface area (Å²) >= 11 is 5.96. The Kier molecular flexibility index (Phi) is 6.26. The number of aromatic nitrogens is 2. The number of amides is 1. The first-order valence-corrected chi connectivity index (χ1v) is 9.21. The van der Waals surface area contributed by atoms with E-state index in [0.29, 0.717) is 54.0 Å². The average Bonchev–Trinajstić information content (AvgIpc) is 2.68. The second-order valence-electron chi connectivity index (χ2n) is 6.36. The smallest absolute Gasteiger partial charge is 0.257 e. The highest BCUT2D eigenvalue weighted by atomic mass is 35.5. The van der Waals surface area contributed by atoms with Crippen molar-refractivity contribution in [2.75, 3.05) is 32.9 Å². The highest BCUT2D eigenvalue weighted by Crippen LogP contribution is 2.20. The van der Waals surface area contributed by atoms with Crippen molar-refractivity contribution >= 4 is 17.5 Å². The molecule has 3 rings (SSSR count). The molecule has 0 saturated carbocycles. The zero-order valence-corrected chi connectivity index (χ0v) is 15.9. The van der Waals surface area contributed by atoms with Crippen molar-refractivity contribution in [1.82, 2.24) is 14.5 Å². The minimum atomic E-state index is -0.303. The standard InChI is InChI=1S/C19H22ClN3O4/c1-13-16(6-9-24)19(26)23(12-17(25)22-7-10-27-11-8-22)18(21-13)14-2-4-15(20)5-3-14/h2-5,24H,6-12H2,1H3. The summed E-state index contributed by atoms with van der Waals surface area (Å²) in [6.45, 7) is 3.47. The van der Waals surface area contributed by atoms with Crippen molar-refractivity contribution < 1.29 is 14.6 Å². The third kappa shape index (κ3) is 4.37. The molecule has 2 aromatic rings. The van der Waals surface area contributed by atoms with Gasteiger partial charge in [-0.2, -0.15) is 0 Å². The number of aliphatic hydroxyl groups excluding tert-OH is 1. The van der Waals surface area contributed by atoms with Crippen LogP contribution in [-0.4, -0.2) is 58.4 Å². The van der Waals surface area contributed by atoms with Gasteiger partial charge in [-0.3, -0.25) is 14.2 Å². The van der Waals surface area contributed by atoms with Crippen LogP contribution in [0.25, 0.3) is 11.4 Å². The molecule has 1 aliphatic rings. The molecule has 0 bridgehead atoms. The van der Waals surface area contributed by atoms with Crippen LogP contribution in [0.4, 0.5) is 0 Å². The molecule has 1 fully saturated rings. The number of halogens is 1. The summed E-state index contributed by atoms with van der Waals surface area (Å²) in [6, 6.07) is 6.97. The Labute approximate surface area is 162 Å². The molecule has 8 heteroatoms. The molecule has 1 aromatic heterocycles. The van der Waals surface area contributed by atoms with Crippen molar-refractivity contribution in [2.45, 2.75) is 19.9 Å². The number of ether oxygens (including phenoxy) is 1. The zero-order chi connectivity index (χ0) is 19.4. The van der Waals surface area contributed by atoms with E-state index in [1.54, 1.807) is 36.1 Å². The maximum absolute atomic E-state index is 13.0. The van der Waals surface area contributed by atoms with Gasteiger partial charge in [-0.25, -0.2) is 4.98 Å².